The first-order valence-electron chi connectivity index (χ1n) is 4.97. The van der Waals surface area contributed by atoms with Gasteiger partial charge in [-0.05, 0) is 25.3 Å². The normalized spacial score (nSPS) is 13.9. The summed E-state index contributed by atoms with van der Waals surface area (Å²) in [6, 6.07) is 0.740. The van der Waals surface area contributed by atoms with E-state index in [0.717, 1.165) is 12.0 Å². The largest absolute Gasteiger partial charge is 0.314 e. The standard InChI is InChI=1S/C10H23N/c1-5-9(4)8-11-10(6-2)7-3/h9-11H,5-8H2,1-4H3/t9-/m1/s1. The van der Waals surface area contributed by atoms with Crippen LogP contribution in [0.2, 0.25) is 0 Å². The molecule has 0 aliphatic heterocycles. The van der Waals surface area contributed by atoms with E-state index in [1.165, 1.54) is 25.8 Å². The van der Waals surface area contributed by atoms with Crippen molar-refractivity contribution in [2.24, 2.45) is 5.92 Å². The lowest BCUT2D eigenvalue weighted by Crippen LogP contribution is -2.31. The van der Waals surface area contributed by atoms with Crippen molar-refractivity contribution in [1.82, 2.24) is 5.32 Å². The Morgan fingerprint density at radius 1 is 1.00 bits per heavy atom. The summed E-state index contributed by atoms with van der Waals surface area (Å²) in [5, 5.41) is 3.57. The van der Waals surface area contributed by atoms with Crippen molar-refractivity contribution in [3.8, 4) is 0 Å². The molecule has 0 amide bonds. The van der Waals surface area contributed by atoms with Gasteiger partial charge < -0.3 is 5.32 Å². The van der Waals surface area contributed by atoms with Crippen molar-refractivity contribution in [1.29, 1.82) is 0 Å². The minimum absolute atomic E-state index is 0.740. The lowest BCUT2D eigenvalue weighted by Gasteiger charge is -2.17. The van der Waals surface area contributed by atoms with Crippen LogP contribution in [0.25, 0.3) is 0 Å². The van der Waals surface area contributed by atoms with Gasteiger partial charge in [-0.3, -0.25) is 0 Å². The molecule has 0 aromatic carbocycles. The van der Waals surface area contributed by atoms with Gasteiger partial charge in [0, 0.05) is 6.04 Å². The van der Waals surface area contributed by atoms with E-state index in [2.05, 4.69) is 33.0 Å². The van der Waals surface area contributed by atoms with Crippen LogP contribution >= 0.6 is 0 Å². The van der Waals surface area contributed by atoms with Gasteiger partial charge in [0.05, 0.1) is 0 Å². The predicted octanol–water partition coefficient (Wildman–Crippen LogP) is 2.81. The molecule has 0 heterocycles. The lowest BCUT2D eigenvalue weighted by molar-refractivity contribution is 0.421. The summed E-state index contributed by atoms with van der Waals surface area (Å²) in [5.74, 6) is 0.829. The molecule has 0 aromatic heterocycles. The van der Waals surface area contributed by atoms with Crippen molar-refractivity contribution < 1.29 is 0 Å². The first kappa shape index (κ1) is 11.0. The van der Waals surface area contributed by atoms with Gasteiger partial charge in [0.15, 0.2) is 0 Å². The Morgan fingerprint density at radius 2 is 1.55 bits per heavy atom. The first-order chi connectivity index (χ1) is 5.24. The third-order valence-electron chi connectivity index (χ3n) is 2.44. The molecule has 1 N–H and O–H groups in total. The van der Waals surface area contributed by atoms with Crippen LogP contribution in [0.5, 0.6) is 0 Å². The Labute approximate surface area is 71.6 Å². The highest BCUT2D eigenvalue weighted by molar-refractivity contribution is 4.64. The van der Waals surface area contributed by atoms with Gasteiger partial charge in [-0.1, -0.05) is 34.1 Å². The Hall–Kier alpha value is -0.0400. The second kappa shape index (κ2) is 6.66. The van der Waals surface area contributed by atoms with E-state index in [4.69, 9.17) is 0 Å². The number of nitrogens with one attached hydrogen (secondary N) is 1. The van der Waals surface area contributed by atoms with E-state index in [-0.39, 0.29) is 0 Å². The quantitative estimate of drug-likeness (QED) is 0.625. The molecule has 1 atom stereocenters. The molecule has 0 saturated heterocycles. The van der Waals surface area contributed by atoms with Crippen LogP contribution in [-0.4, -0.2) is 12.6 Å². The van der Waals surface area contributed by atoms with Gasteiger partial charge in [0.2, 0.25) is 0 Å². The van der Waals surface area contributed by atoms with Gasteiger partial charge in [0.25, 0.3) is 0 Å². The van der Waals surface area contributed by atoms with Crippen molar-refractivity contribution in [2.75, 3.05) is 6.54 Å². The fourth-order valence-corrected chi connectivity index (χ4v) is 1.09. The zero-order valence-corrected chi connectivity index (χ0v) is 8.48. The van der Waals surface area contributed by atoms with Crippen LogP contribution in [0, 0.1) is 5.92 Å². The zero-order chi connectivity index (χ0) is 8.69. The van der Waals surface area contributed by atoms with Crippen LogP contribution in [0.3, 0.4) is 0 Å². The molecule has 11 heavy (non-hydrogen) atoms. The highest BCUT2D eigenvalue weighted by Crippen LogP contribution is 2.01. The monoisotopic (exact) mass is 157 g/mol. The van der Waals surface area contributed by atoms with Gasteiger partial charge in [-0.15, -0.1) is 0 Å². The minimum atomic E-state index is 0.740. The van der Waals surface area contributed by atoms with Crippen LogP contribution in [-0.2, 0) is 0 Å². The SMILES string of the molecule is CCC(CC)NC[C@H](C)CC. The molecule has 0 aliphatic rings. The minimum Gasteiger partial charge on any atom is -0.314 e. The molecule has 0 saturated carbocycles. The van der Waals surface area contributed by atoms with Crippen LogP contribution in [0.4, 0.5) is 0 Å². The van der Waals surface area contributed by atoms with E-state index in [9.17, 15) is 0 Å². The summed E-state index contributed by atoms with van der Waals surface area (Å²) in [4.78, 5) is 0. The second-order valence-electron chi connectivity index (χ2n) is 3.44. The first-order valence-corrected chi connectivity index (χ1v) is 4.97. The van der Waals surface area contributed by atoms with Gasteiger partial charge in [-0.25, -0.2) is 0 Å². The van der Waals surface area contributed by atoms with Crippen molar-refractivity contribution in [2.45, 2.75) is 53.0 Å². The Morgan fingerprint density at radius 3 is 1.91 bits per heavy atom. The molecule has 0 fully saturated rings. The van der Waals surface area contributed by atoms with Crippen molar-refractivity contribution >= 4 is 0 Å². The summed E-state index contributed by atoms with van der Waals surface area (Å²) in [6.45, 7) is 10.2. The van der Waals surface area contributed by atoms with Gasteiger partial charge in [-0.2, -0.15) is 0 Å². The highest BCUT2D eigenvalue weighted by atomic mass is 14.9. The molecular formula is C10H23N. The van der Waals surface area contributed by atoms with Crippen LogP contribution in [0.15, 0.2) is 0 Å². The zero-order valence-electron chi connectivity index (χ0n) is 8.48. The van der Waals surface area contributed by atoms with E-state index >= 15 is 0 Å². The summed E-state index contributed by atoms with van der Waals surface area (Å²) in [5.41, 5.74) is 0. The van der Waals surface area contributed by atoms with E-state index < -0.39 is 0 Å². The summed E-state index contributed by atoms with van der Waals surface area (Å²) >= 11 is 0. The molecule has 68 valence electrons. The molecule has 0 spiro atoms. The Balaban J connectivity index is 3.34. The Kier molecular flexibility index (Phi) is 6.63. The lowest BCUT2D eigenvalue weighted by atomic mass is 10.1. The van der Waals surface area contributed by atoms with E-state index in [0.29, 0.717) is 0 Å². The maximum absolute atomic E-state index is 3.57. The molecule has 1 nitrogen and oxygen atoms in total. The Bertz CT molecular complexity index is 76.9. The second-order valence-corrected chi connectivity index (χ2v) is 3.44. The number of rotatable bonds is 6. The fourth-order valence-electron chi connectivity index (χ4n) is 1.09. The predicted molar refractivity (Wildman–Crippen MR) is 51.8 cm³/mol. The average molecular weight is 157 g/mol. The number of hydrogen-bond donors (Lipinski definition) is 1. The van der Waals surface area contributed by atoms with E-state index in [1.807, 2.05) is 0 Å². The maximum atomic E-state index is 3.57. The highest BCUT2D eigenvalue weighted by Gasteiger charge is 2.03. The summed E-state index contributed by atoms with van der Waals surface area (Å²) < 4.78 is 0. The topological polar surface area (TPSA) is 12.0 Å². The van der Waals surface area contributed by atoms with Crippen molar-refractivity contribution in [3.05, 3.63) is 0 Å². The third kappa shape index (κ3) is 5.25. The van der Waals surface area contributed by atoms with Crippen LogP contribution < -0.4 is 5.32 Å². The summed E-state index contributed by atoms with van der Waals surface area (Å²) in [6.07, 6.45) is 3.80. The van der Waals surface area contributed by atoms with Crippen LogP contribution in [0.1, 0.15) is 47.0 Å². The average Bonchev–Trinajstić information content (AvgIpc) is 2.06. The van der Waals surface area contributed by atoms with Gasteiger partial charge >= 0.3 is 0 Å². The third-order valence-corrected chi connectivity index (χ3v) is 2.44. The number of hydrogen-bond acceptors (Lipinski definition) is 1. The molecule has 1 heteroatoms. The smallest absolute Gasteiger partial charge is 0.00619 e. The van der Waals surface area contributed by atoms with Crippen molar-refractivity contribution in [3.63, 3.8) is 0 Å². The molecular weight excluding hydrogens is 134 g/mol. The summed E-state index contributed by atoms with van der Waals surface area (Å²) in [7, 11) is 0. The molecule has 0 aliphatic carbocycles. The fraction of sp³-hybridized carbons (Fsp3) is 1.00. The molecule has 0 bridgehead atoms. The molecule has 0 rings (SSSR count). The van der Waals surface area contributed by atoms with Gasteiger partial charge in [0.1, 0.15) is 0 Å². The molecule has 0 radical (unpaired) electrons. The molecule has 0 aromatic rings. The maximum Gasteiger partial charge on any atom is 0.00619 e. The molecule has 0 unspecified atom stereocenters. The van der Waals surface area contributed by atoms with E-state index in [1.54, 1.807) is 0 Å².